The second-order valence-corrected chi connectivity index (χ2v) is 5.22. The van der Waals surface area contributed by atoms with Gasteiger partial charge in [-0.05, 0) is 37.3 Å². The van der Waals surface area contributed by atoms with Crippen LogP contribution in [0.3, 0.4) is 0 Å². The first-order valence-corrected chi connectivity index (χ1v) is 6.92. The highest BCUT2D eigenvalue weighted by Gasteiger charge is 2.17. The highest BCUT2D eigenvalue weighted by atomic mass is 16.5. The molecule has 0 aliphatic carbocycles. The van der Waals surface area contributed by atoms with Gasteiger partial charge in [0.1, 0.15) is 16.9 Å². The lowest BCUT2D eigenvalue weighted by Gasteiger charge is -2.11. The Bertz CT molecular complexity index is 984. The maximum atomic E-state index is 12.7. The number of carboxylic acid groups (broad SMARTS) is 1. The molecule has 0 spiro atoms. The Hall–Kier alpha value is -2.86. The summed E-state index contributed by atoms with van der Waals surface area (Å²) in [5.74, 6) is -0.712. The lowest BCUT2D eigenvalue weighted by molar-refractivity contribution is 0.0697. The number of aliphatic hydroxyl groups excluding tert-OH is 1. The first-order chi connectivity index (χ1) is 10.9. The molecule has 3 rings (SSSR count). The second-order valence-electron chi connectivity index (χ2n) is 5.22. The Kier molecular flexibility index (Phi) is 3.54. The molecule has 0 saturated carbocycles. The van der Waals surface area contributed by atoms with Crippen molar-refractivity contribution in [3.8, 4) is 5.75 Å². The molecule has 0 fully saturated rings. The number of carbonyl (C=O) groups is 1. The molecule has 2 N–H and O–H groups in total. The molecule has 0 radical (unpaired) electrons. The molecule has 2 aromatic carbocycles. The van der Waals surface area contributed by atoms with E-state index in [-0.39, 0.29) is 32.9 Å². The number of hydrogen-bond donors (Lipinski definition) is 2. The van der Waals surface area contributed by atoms with E-state index < -0.39 is 12.1 Å². The highest BCUT2D eigenvalue weighted by Crippen LogP contribution is 2.30. The lowest BCUT2D eigenvalue weighted by Crippen LogP contribution is -2.07. The van der Waals surface area contributed by atoms with Gasteiger partial charge in [0.05, 0.1) is 29.5 Å². The van der Waals surface area contributed by atoms with Crippen molar-refractivity contribution in [1.82, 2.24) is 0 Å². The van der Waals surface area contributed by atoms with Crippen LogP contribution >= 0.6 is 0 Å². The zero-order valence-electron chi connectivity index (χ0n) is 12.5. The summed E-state index contributed by atoms with van der Waals surface area (Å²) in [5.41, 5.74) is 0.592. The number of methoxy groups -OCH3 is 1. The van der Waals surface area contributed by atoms with Crippen LogP contribution in [0.1, 0.15) is 28.9 Å². The van der Waals surface area contributed by atoms with Crippen LogP contribution in [0.25, 0.3) is 21.9 Å². The van der Waals surface area contributed by atoms with E-state index in [1.54, 1.807) is 13.0 Å². The number of ether oxygens (including phenoxy) is 1. The summed E-state index contributed by atoms with van der Waals surface area (Å²) in [6, 6.07) is 7.21. The molecule has 1 atom stereocenters. The van der Waals surface area contributed by atoms with Crippen molar-refractivity contribution in [3.05, 3.63) is 51.7 Å². The van der Waals surface area contributed by atoms with Gasteiger partial charge < -0.3 is 19.4 Å². The number of aliphatic hydroxyl groups is 1. The molecule has 0 aliphatic rings. The van der Waals surface area contributed by atoms with Crippen LogP contribution in [0.4, 0.5) is 0 Å². The maximum Gasteiger partial charge on any atom is 0.335 e. The zero-order chi connectivity index (χ0) is 16.7. The summed E-state index contributed by atoms with van der Waals surface area (Å²) in [6.07, 6.45) is -0.855. The quantitative estimate of drug-likeness (QED) is 0.721. The Balaban J connectivity index is 2.47. The average molecular weight is 314 g/mol. The fourth-order valence-electron chi connectivity index (χ4n) is 2.52. The van der Waals surface area contributed by atoms with Gasteiger partial charge in [0.25, 0.3) is 0 Å². The SMILES string of the molecule is COc1cc(C(C)O)c2oc3ccc(C(=O)O)cc3c(=O)c2c1. The van der Waals surface area contributed by atoms with Crippen LogP contribution in [-0.4, -0.2) is 23.3 Å². The molecule has 1 aromatic heterocycles. The van der Waals surface area contributed by atoms with E-state index in [1.807, 2.05) is 0 Å². The summed E-state index contributed by atoms with van der Waals surface area (Å²) in [5, 5.41) is 19.4. The molecule has 3 aromatic rings. The van der Waals surface area contributed by atoms with Crippen molar-refractivity contribution >= 4 is 27.9 Å². The molecule has 0 amide bonds. The molecule has 6 nitrogen and oxygen atoms in total. The van der Waals surface area contributed by atoms with E-state index in [9.17, 15) is 14.7 Å². The minimum Gasteiger partial charge on any atom is -0.497 e. The molecule has 23 heavy (non-hydrogen) atoms. The number of benzene rings is 2. The Labute approximate surface area is 130 Å². The van der Waals surface area contributed by atoms with Crippen LogP contribution in [-0.2, 0) is 0 Å². The van der Waals surface area contributed by atoms with E-state index in [0.717, 1.165) is 0 Å². The van der Waals surface area contributed by atoms with Gasteiger partial charge in [0, 0.05) is 5.56 Å². The van der Waals surface area contributed by atoms with Gasteiger partial charge in [-0.2, -0.15) is 0 Å². The van der Waals surface area contributed by atoms with Gasteiger partial charge in [-0.1, -0.05) is 0 Å². The highest BCUT2D eigenvalue weighted by molar-refractivity contribution is 5.96. The summed E-state index contributed by atoms with van der Waals surface area (Å²) in [7, 11) is 1.46. The molecule has 0 aliphatic heterocycles. The van der Waals surface area contributed by atoms with Crippen LogP contribution in [0.15, 0.2) is 39.5 Å². The molecule has 0 bridgehead atoms. The third-order valence-electron chi connectivity index (χ3n) is 3.70. The van der Waals surface area contributed by atoms with Gasteiger partial charge in [-0.3, -0.25) is 4.79 Å². The molecular weight excluding hydrogens is 300 g/mol. The van der Waals surface area contributed by atoms with E-state index >= 15 is 0 Å². The minimum absolute atomic E-state index is 0.00259. The Morgan fingerprint density at radius 3 is 2.57 bits per heavy atom. The topological polar surface area (TPSA) is 97.0 Å². The molecule has 1 heterocycles. The predicted octanol–water partition coefficient (Wildman–Crippen LogP) is 2.71. The largest absolute Gasteiger partial charge is 0.497 e. The van der Waals surface area contributed by atoms with Crippen LogP contribution < -0.4 is 10.2 Å². The number of rotatable bonds is 3. The fourth-order valence-corrected chi connectivity index (χ4v) is 2.52. The number of carboxylic acids is 1. The third kappa shape index (κ3) is 2.43. The number of fused-ring (bicyclic) bond motifs is 2. The summed E-state index contributed by atoms with van der Waals surface area (Å²) >= 11 is 0. The van der Waals surface area contributed by atoms with Crippen molar-refractivity contribution in [3.63, 3.8) is 0 Å². The van der Waals surface area contributed by atoms with Gasteiger partial charge in [-0.15, -0.1) is 0 Å². The third-order valence-corrected chi connectivity index (χ3v) is 3.70. The summed E-state index contributed by atoms with van der Waals surface area (Å²) < 4.78 is 10.9. The Morgan fingerprint density at radius 1 is 1.22 bits per heavy atom. The molecule has 118 valence electrons. The minimum atomic E-state index is -1.12. The number of aromatic carboxylic acids is 1. The average Bonchev–Trinajstić information content (AvgIpc) is 2.53. The predicted molar refractivity (Wildman–Crippen MR) is 84.1 cm³/mol. The molecular formula is C17H14O6. The maximum absolute atomic E-state index is 12.7. The zero-order valence-corrected chi connectivity index (χ0v) is 12.5. The van der Waals surface area contributed by atoms with Crippen molar-refractivity contribution in [2.24, 2.45) is 0 Å². The van der Waals surface area contributed by atoms with Crippen LogP contribution in [0, 0.1) is 0 Å². The van der Waals surface area contributed by atoms with Crippen LogP contribution in [0.5, 0.6) is 5.75 Å². The normalized spacial score (nSPS) is 12.5. The van der Waals surface area contributed by atoms with Crippen molar-refractivity contribution < 1.29 is 24.2 Å². The summed E-state index contributed by atoms with van der Waals surface area (Å²) in [4.78, 5) is 23.8. The lowest BCUT2D eigenvalue weighted by atomic mass is 10.0. The van der Waals surface area contributed by atoms with Crippen molar-refractivity contribution in [2.45, 2.75) is 13.0 Å². The van der Waals surface area contributed by atoms with Gasteiger partial charge in [0.15, 0.2) is 0 Å². The molecule has 6 heteroatoms. The van der Waals surface area contributed by atoms with E-state index in [0.29, 0.717) is 11.3 Å². The van der Waals surface area contributed by atoms with E-state index in [1.165, 1.54) is 31.4 Å². The summed E-state index contributed by atoms with van der Waals surface area (Å²) in [6.45, 7) is 1.56. The van der Waals surface area contributed by atoms with E-state index in [2.05, 4.69) is 0 Å². The van der Waals surface area contributed by atoms with Crippen molar-refractivity contribution in [1.29, 1.82) is 0 Å². The fraction of sp³-hybridized carbons (Fsp3) is 0.176. The Morgan fingerprint density at radius 2 is 1.96 bits per heavy atom. The number of hydrogen-bond acceptors (Lipinski definition) is 5. The smallest absolute Gasteiger partial charge is 0.335 e. The van der Waals surface area contributed by atoms with E-state index in [4.69, 9.17) is 14.3 Å². The van der Waals surface area contributed by atoms with Gasteiger partial charge in [0.2, 0.25) is 5.43 Å². The van der Waals surface area contributed by atoms with Gasteiger partial charge >= 0.3 is 5.97 Å². The second kappa shape index (κ2) is 5.40. The first kappa shape index (κ1) is 15.1. The molecule has 0 saturated heterocycles. The van der Waals surface area contributed by atoms with Crippen molar-refractivity contribution in [2.75, 3.05) is 7.11 Å². The monoisotopic (exact) mass is 314 g/mol. The van der Waals surface area contributed by atoms with Gasteiger partial charge in [-0.25, -0.2) is 4.79 Å². The first-order valence-electron chi connectivity index (χ1n) is 6.92. The standard InChI is InChI=1S/C17H14O6/c1-8(18)11-6-10(22-2)7-13-15(19)12-5-9(17(20)21)3-4-14(12)23-16(11)13/h3-8,18H,1-2H3,(H,20,21). The van der Waals surface area contributed by atoms with Crippen LogP contribution in [0.2, 0.25) is 0 Å². The molecule has 1 unspecified atom stereocenters.